The Labute approximate surface area is 118 Å². The Morgan fingerprint density at radius 2 is 2.22 bits per heavy atom. The molecule has 6 heteroatoms. The Balaban J connectivity index is 2.26. The molecule has 1 aromatic heterocycles. The summed E-state index contributed by atoms with van der Waals surface area (Å²) in [6.45, 7) is 1.79. The molecule has 18 heavy (non-hydrogen) atoms. The SMILES string of the molecule is Cc1nn(C)cc1C(=O)Nc1cc(Cl)ccc1Br. The van der Waals surface area contributed by atoms with Gasteiger partial charge in [-0.3, -0.25) is 9.48 Å². The quantitative estimate of drug-likeness (QED) is 0.918. The molecule has 2 rings (SSSR count). The van der Waals surface area contributed by atoms with Gasteiger partial charge in [-0.2, -0.15) is 5.10 Å². The van der Waals surface area contributed by atoms with Crippen molar-refractivity contribution in [2.45, 2.75) is 6.92 Å². The summed E-state index contributed by atoms with van der Waals surface area (Å²) in [6.07, 6.45) is 1.68. The zero-order valence-electron chi connectivity index (χ0n) is 9.87. The molecule has 94 valence electrons. The summed E-state index contributed by atoms with van der Waals surface area (Å²) in [5, 5.41) is 7.50. The number of hydrogen-bond donors (Lipinski definition) is 1. The number of carbonyl (C=O) groups is 1. The number of amides is 1. The van der Waals surface area contributed by atoms with E-state index in [0.717, 1.165) is 4.47 Å². The van der Waals surface area contributed by atoms with Crippen molar-refractivity contribution in [3.8, 4) is 0 Å². The van der Waals surface area contributed by atoms with Crippen LogP contribution in [0.1, 0.15) is 16.1 Å². The van der Waals surface area contributed by atoms with Crippen LogP contribution in [0.2, 0.25) is 5.02 Å². The lowest BCUT2D eigenvalue weighted by molar-refractivity contribution is 0.102. The Kier molecular flexibility index (Phi) is 3.73. The van der Waals surface area contributed by atoms with Crippen LogP contribution in [0.3, 0.4) is 0 Å². The van der Waals surface area contributed by atoms with Gasteiger partial charge >= 0.3 is 0 Å². The number of halogens is 2. The van der Waals surface area contributed by atoms with Crippen molar-refractivity contribution in [1.29, 1.82) is 0 Å². The third-order valence-corrected chi connectivity index (χ3v) is 3.36. The van der Waals surface area contributed by atoms with Crippen LogP contribution in [0.25, 0.3) is 0 Å². The molecule has 0 saturated heterocycles. The van der Waals surface area contributed by atoms with Gasteiger partial charge in [0.1, 0.15) is 0 Å². The van der Waals surface area contributed by atoms with Crippen LogP contribution < -0.4 is 5.32 Å². The Bertz CT molecular complexity index is 609. The molecule has 1 heterocycles. The number of anilines is 1. The van der Waals surface area contributed by atoms with Gasteiger partial charge in [-0.1, -0.05) is 11.6 Å². The second kappa shape index (κ2) is 5.12. The zero-order valence-corrected chi connectivity index (χ0v) is 12.2. The van der Waals surface area contributed by atoms with Crippen molar-refractivity contribution in [1.82, 2.24) is 9.78 Å². The van der Waals surface area contributed by atoms with Gasteiger partial charge in [-0.05, 0) is 41.1 Å². The average molecular weight is 329 g/mol. The van der Waals surface area contributed by atoms with Crippen molar-refractivity contribution < 1.29 is 4.79 Å². The number of nitrogens with one attached hydrogen (secondary N) is 1. The molecule has 1 N–H and O–H groups in total. The molecule has 0 unspecified atom stereocenters. The fourth-order valence-electron chi connectivity index (χ4n) is 1.61. The topological polar surface area (TPSA) is 46.9 Å². The Morgan fingerprint density at radius 3 is 2.83 bits per heavy atom. The molecule has 4 nitrogen and oxygen atoms in total. The summed E-state index contributed by atoms with van der Waals surface area (Å²) < 4.78 is 2.39. The second-order valence-electron chi connectivity index (χ2n) is 3.88. The average Bonchev–Trinajstić information content (AvgIpc) is 2.63. The molecule has 0 spiro atoms. The standard InChI is InChI=1S/C12H11BrClN3O/c1-7-9(6-17(2)16-7)12(18)15-11-5-8(14)3-4-10(11)13/h3-6H,1-2H3,(H,15,18). The van der Waals surface area contributed by atoms with Gasteiger partial charge < -0.3 is 5.32 Å². The maximum atomic E-state index is 12.1. The number of benzene rings is 1. The first-order valence-corrected chi connectivity index (χ1v) is 6.41. The fraction of sp³-hybridized carbons (Fsp3) is 0.167. The number of aromatic nitrogens is 2. The van der Waals surface area contributed by atoms with Crippen LogP contribution in [-0.4, -0.2) is 15.7 Å². The summed E-state index contributed by atoms with van der Waals surface area (Å²) in [4.78, 5) is 12.1. The van der Waals surface area contributed by atoms with Crippen molar-refractivity contribution in [2.75, 3.05) is 5.32 Å². The van der Waals surface area contributed by atoms with Gasteiger partial charge in [0.2, 0.25) is 0 Å². The van der Waals surface area contributed by atoms with E-state index in [-0.39, 0.29) is 5.91 Å². The minimum atomic E-state index is -0.205. The zero-order chi connectivity index (χ0) is 13.3. The summed E-state index contributed by atoms with van der Waals surface area (Å²) in [5.74, 6) is -0.205. The predicted octanol–water partition coefficient (Wildman–Crippen LogP) is 3.40. The maximum absolute atomic E-state index is 12.1. The molecular formula is C12H11BrClN3O. The van der Waals surface area contributed by atoms with E-state index in [1.54, 1.807) is 43.0 Å². The minimum absolute atomic E-state index is 0.205. The third-order valence-electron chi connectivity index (χ3n) is 2.43. The van der Waals surface area contributed by atoms with Crippen LogP contribution in [0.5, 0.6) is 0 Å². The Morgan fingerprint density at radius 1 is 1.50 bits per heavy atom. The van der Waals surface area contributed by atoms with Crippen molar-refractivity contribution in [2.24, 2.45) is 7.05 Å². The van der Waals surface area contributed by atoms with E-state index < -0.39 is 0 Å². The molecule has 0 bridgehead atoms. The number of nitrogens with zero attached hydrogens (tertiary/aromatic N) is 2. The summed E-state index contributed by atoms with van der Waals surface area (Å²) >= 11 is 9.25. The van der Waals surface area contributed by atoms with Gasteiger partial charge in [-0.15, -0.1) is 0 Å². The van der Waals surface area contributed by atoms with E-state index in [9.17, 15) is 4.79 Å². The highest BCUT2D eigenvalue weighted by Crippen LogP contribution is 2.26. The molecule has 2 aromatic rings. The lowest BCUT2D eigenvalue weighted by Crippen LogP contribution is -2.12. The van der Waals surface area contributed by atoms with E-state index in [1.807, 2.05) is 0 Å². The molecule has 0 atom stereocenters. The summed E-state index contributed by atoms with van der Waals surface area (Å²) in [6, 6.07) is 5.22. The summed E-state index contributed by atoms with van der Waals surface area (Å²) in [5.41, 5.74) is 1.87. The van der Waals surface area contributed by atoms with Crippen molar-refractivity contribution >= 4 is 39.1 Å². The van der Waals surface area contributed by atoms with Crippen LogP contribution in [0.4, 0.5) is 5.69 Å². The van der Waals surface area contributed by atoms with Crippen LogP contribution in [0, 0.1) is 6.92 Å². The first-order chi connectivity index (χ1) is 8.47. The molecule has 1 amide bonds. The maximum Gasteiger partial charge on any atom is 0.259 e. The molecule has 0 aliphatic rings. The lowest BCUT2D eigenvalue weighted by Gasteiger charge is -2.07. The van der Waals surface area contributed by atoms with Crippen molar-refractivity contribution in [3.63, 3.8) is 0 Å². The molecule has 0 saturated carbocycles. The van der Waals surface area contributed by atoms with Gasteiger partial charge in [0.05, 0.1) is 16.9 Å². The molecular weight excluding hydrogens is 318 g/mol. The van der Waals surface area contributed by atoms with E-state index >= 15 is 0 Å². The van der Waals surface area contributed by atoms with Gasteiger partial charge in [0.25, 0.3) is 5.91 Å². The highest BCUT2D eigenvalue weighted by atomic mass is 79.9. The molecule has 0 aliphatic heterocycles. The van der Waals surface area contributed by atoms with E-state index in [0.29, 0.717) is 22.0 Å². The lowest BCUT2D eigenvalue weighted by atomic mass is 10.2. The largest absolute Gasteiger partial charge is 0.321 e. The predicted molar refractivity (Wildman–Crippen MR) is 75.1 cm³/mol. The highest BCUT2D eigenvalue weighted by Gasteiger charge is 2.13. The van der Waals surface area contributed by atoms with E-state index in [1.165, 1.54) is 0 Å². The van der Waals surface area contributed by atoms with Gasteiger partial charge in [0, 0.05) is 22.7 Å². The Hall–Kier alpha value is -1.33. The number of carbonyl (C=O) groups excluding carboxylic acids is 1. The summed E-state index contributed by atoms with van der Waals surface area (Å²) in [7, 11) is 1.78. The van der Waals surface area contributed by atoms with Crippen LogP contribution >= 0.6 is 27.5 Å². The van der Waals surface area contributed by atoms with E-state index in [4.69, 9.17) is 11.6 Å². The third kappa shape index (κ3) is 2.73. The number of hydrogen-bond acceptors (Lipinski definition) is 2. The normalized spacial score (nSPS) is 10.4. The van der Waals surface area contributed by atoms with Gasteiger partial charge in [0.15, 0.2) is 0 Å². The number of rotatable bonds is 2. The minimum Gasteiger partial charge on any atom is -0.321 e. The van der Waals surface area contributed by atoms with Gasteiger partial charge in [-0.25, -0.2) is 0 Å². The second-order valence-corrected chi connectivity index (χ2v) is 5.17. The number of aryl methyl sites for hydroxylation is 2. The first-order valence-electron chi connectivity index (χ1n) is 5.24. The first kappa shape index (κ1) is 13.1. The smallest absolute Gasteiger partial charge is 0.259 e. The van der Waals surface area contributed by atoms with E-state index in [2.05, 4.69) is 26.3 Å². The molecule has 0 aliphatic carbocycles. The molecule has 0 radical (unpaired) electrons. The van der Waals surface area contributed by atoms with Crippen LogP contribution in [0.15, 0.2) is 28.9 Å². The highest BCUT2D eigenvalue weighted by molar-refractivity contribution is 9.10. The molecule has 0 fully saturated rings. The van der Waals surface area contributed by atoms with Crippen molar-refractivity contribution in [3.05, 3.63) is 45.1 Å². The monoisotopic (exact) mass is 327 g/mol. The molecule has 1 aromatic carbocycles. The van der Waals surface area contributed by atoms with Crippen LogP contribution in [-0.2, 0) is 7.05 Å². The fourth-order valence-corrected chi connectivity index (χ4v) is 2.12.